The molecule has 22 heavy (non-hydrogen) atoms. The monoisotopic (exact) mass is 305 g/mol. The van der Waals surface area contributed by atoms with E-state index < -0.39 is 16.8 Å². The lowest BCUT2D eigenvalue weighted by atomic mass is 9.65. The van der Waals surface area contributed by atoms with E-state index in [0.717, 1.165) is 0 Å². The van der Waals surface area contributed by atoms with Crippen molar-refractivity contribution in [3.63, 3.8) is 0 Å². The first-order chi connectivity index (χ1) is 10.6. The minimum atomic E-state index is -0.944. The number of ether oxygens (including phenoxy) is 1. The summed E-state index contributed by atoms with van der Waals surface area (Å²) in [7, 11) is 0. The van der Waals surface area contributed by atoms with Crippen LogP contribution in [-0.4, -0.2) is 48.2 Å². The third kappa shape index (κ3) is 2.57. The highest BCUT2D eigenvalue weighted by Crippen LogP contribution is 2.41. The van der Waals surface area contributed by atoms with Crippen LogP contribution in [0.5, 0.6) is 0 Å². The number of carboxylic acid groups (broad SMARTS) is 1. The van der Waals surface area contributed by atoms with E-state index in [2.05, 4.69) is 15.6 Å². The summed E-state index contributed by atoms with van der Waals surface area (Å²) in [4.78, 5) is 28.2. The van der Waals surface area contributed by atoms with E-state index in [9.17, 15) is 14.7 Å². The lowest BCUT2D eigenvalue weighted by Crippen LogP contribution is -2.67. The van der Waals surface area contributed by atoms with Crippen LogP contribution in [0.4, 0.5) is 0 Å². The Morgan fingerprint density at radius 2 is 1.86 bits per heavy atom. The Labute approximate surface area is 128 Å². The second kappa shape index (κ2) is 5.66. The lowest BCUT2D eigenvalue weighted by molar-refractivity contribution is -0.169. The van der Waals surface area contributed by atoms with Gasteiger partial charge in [-0.3, -0.25) is 14.6 Å². The largest absolute Gasteiger partial charge is 0.481 e. The van der Waals surface area contributed by atoms with Gasteiger partial charge in [0.05, 0.1) is 16.5 Å². The van der Waals surface area contributed by atoms with Gasteiger partial charge >= 0.3 is 11.9 Å². The summed E-state index contributed by atoms with van der Waals surface area (Å²) in [6, 6.07) is 5.40. The van der Waals surface area contributed by atoms with Gasteiger partial charge in [0, 0.05) is 32.4 Å². The molecule has 0 aromatic carbocycles. The van der Waals surface area contributed by atoms with Gasteiger partial charge in [0.2, 0.25) is 0 Å². The molecule has 3 heterocycles. The minimum Gasteiger partial charge on any atom is -0.481 e. The number of pyridine rings is 1. The van der Waals surface area contributed by atoms with Crippen molar-refractivity contribution in [3.8, 4) is 0 Å². The maximum Gasteiger partial charge on any atom is 0.315 e. The molecule has 1 aromatic heterocycles. The van der Waals surface area contributed by atoms with Crippen molar-refractivity contribution >= 4 is 11.9 Å². The molecule has 0 unspecified atom stereocenters. The molecule has 7 nitrogen and oxygen atoms in total. The summed E-state index contributed by atoms with van der Waals surface area (Å²) in [5, 5.41) is 15.7. The molecule has 0 atom stereocenters. The van der Waals surface area contributed by atoms with Gasteiger partial charge in [-0.25, -0.2) is 0 Å². The first-order valence-electron chi connectivity index (χ1n) is 7.28. The van der Waals surface area contributed by atoms with E-state index >= 15 is 0 Å². The Morgan fingerprint density at radius 1 is 1.18 bits per heavy atom. The van der Waals surface area contributed by atoms with E-state index in [1.54, 1.807) is 18.3 Å². The number of hydrogen-bond acceptors (Lipinski definition) is 6. The number of aromatic nitrogens is 1. The Morgan fingerprint density at radius 3 is 2.45 bits per heavy atom. The predicted molar refractivity (Wildman–Crippen MR) is 76.9 cm³/mol. The summed E-state index contributed by atoms with van der Waals surface area (Å²) < 4.78 is 5.39. The van der Waals surface area contributed by atoms with Gasteiger partial charge in [-0.2, -0.15) is 0 Å². The average Bonchev–Trinajstić information content (AvgIpc) is 2.53. The van der Waals surface area contributed by atoms with Crippen molar-refractivity contribution in [1.82, 2.24) is 15.6 Å². The van der Waals surface area contributed by atoms with Crippen molar-refractivity contribution < 1.29 is 19.4 Å². The van der Waals surface area contributed by atoms with Gasteiger partial charge in [-0.1, -0.05) is 6.07 Å². The van der Waals surface area contributed by atoms with E-state index in [1.165, 1.54) is 0 Å². The zero-order valence-corrected chi connectivity index (χ0v) is 12.2. The smallest absolute Gasteiger partial charge is 0.315 e. The fourth-order valence-electron chi connectivity index (χ4n) is 3.32. The number of esters is 1. The van der Waals surface area contributed by atoms with Crippen LogP contribution in [0.1, 0.15) is 12.1 Å². The van der Waals surface area contributed by atoms with Crippen molar-refractivity contribution in [2.24, 2.45) is 10.8 Å². The molecule has 2 aliphatic rings. The molecule has 118 valence electrons. The number of piperidine rings is 2. The van der Waals surface area contributed by atoms with Crippen molar-refractivity contribution in [3.05, 3.63) is 30.1 Å². The molecular weight excluding hydrogens is 286 g/mol. The summed E-state index contributed by atoms with van der Waals surface area (Å²) >= 11 is 0. The number of rotatable bonds is 4. The fraction of sp³-hybridized carbons (Fsp3) is 0.533. The number of hydrogen-bond donors (Lipinski definition) is 3. The van der Waals surface area contributed by atoms with Crippen LogP contribution in [-0.2, 0) is 20.9 Å². The Kier molecular flexibility index (Phi) is 3.84. The summed E-state index contributed by atoms with van der Waals surface area (Å²) in [5.74, 6) is -1.25. The van der Waals surface area contributed by atoms with Gasteiger partial charge in [0.25, 0.3) is 0 Å². The molecule has 0 amide bonds. The zero-order chi connectivity index (χ0) is 15.6. The normalized spacial score (nSPS) is 30.5. The summed E-state index contributed by atoms with van der Waals surface area (Å²) in [5.41, 5.74) is -1.10. The van der Waals surface area contributed by atoms with Gasteiger partial charge in [-0.05, 0) is 18.6 Å². The number of aliphatic carboxylic acids is 1. The van der Waals surface area contributed by atoms with E-state index in [-0.39, 0.29) is 12.6 Å². The molecule has 0 saturated carbocycles. The van der Waals surface area contributed by atoms with Crippen molar-refractivity contribution in [2.75, 3.05) is 26.2 Å². The number of carbonyl (C=O) groups excluding carboxylic acids is 1. The van der Waals surface area contributed by atoms with Crippen molar-refractivity contribution in [2.45, 2.75) is 13.0 Å². The standard InChI is InChI=1S/C15H19N3O4/c19-12(20)14-6-15(9-16-7-14,10-17-8-14)13(21)22-5-11-3-1-2-4-18-11/h1-4,16-17H,5-10H2,(H,19,20). The number of nitrogens with zero attached hydrogens (tertiary/aromatic N) is 1. The van der Waals surface area contributed by atoms with Crippen LogP contribution in [0.15, 0.2) is 24.4 Å². The Balaban J connectivity index is 1.72. The van der Waals surface area contributed by atoms with Crippen molar-refractivity contribution in [1.29, 1.82) is 0 Å². The first kappa shape index (κ1) is 14.9. The van der Waals surface area contributed by atoms with Gasteiger partial charge in [-0.15, -0.1) is 0 Å². The Bertz CT molecular complexity index is 565. The van der Waals surface area contributed by atoms with Crippen LogP contribution >= 0.6 is 0 Å². The summed E-state index contributed by atoms with van der Waals surface area (Å²) in [6.07, 6.45) is 1.94. The number of carboxylic acids is 1. The molecule has 7 heteroatoms. The molecule has 3 rings (SSSR count). The fourth-order valence-corrected chi connectivity index (χ4v) is 3.32. The van der Waals surface area contributed by atoms with Crippen LogP contribution in [0.25, 0.3) is 0 Å². The summed E-state index contributed by atoms with van der Waals surface area (Å²) in [6.45, 7) is 1.68. The molecular formula is C15H19N3O4. The number of nitrogens with one attached hydrogen (secondary N) is 2. The predicted octanol–water partition coefficient (Wildman–Crippen LogP) is -0.221. The number of carbonyl (C=O) groups is 2. The van der Waals surface area contributed by atoms with E-state index in [0.29, 0.717) is 38.3 Å². The quantitative estimate of drug-likeness (QED) is 0.661. The maximum atomic E-state index is 12.5. The van der Waals surface area contributed by atoms with Gasteiger partial charge in [0.1, 0.15) is 6.61 Å². The minimum absolute atomic E-state index is 0.0987. The van der Waals surface area contributed by atoms with E-state index in [4.69, 9.17) is 4.74 Å². The molecule has 0 aliphatic carbocycles. The average molecular weight is 305 g/mol. The highest BCUT2D eigenvalue weighted by Gasteiger charge is 2.56. The second-order valence-corrected chi connectivity index (χ2v) is 6.15. The topological polar surface area (TPSA) is 101 Å². The van der Waals surface area contributed by atoms with Gasteiger partial charge < -0.3 is 20.5 Å². The molecule has 2 aliphatic heterocycles. The molecule has 2 saturated heterocycles. The molecule has 0 spiro atoms. The van der Waals surface area contributed by atoms with Crippen LogP contribution < -0.4 is 10.6 Å². The molecule has 3 N–H and O–H groups in total. The van der Waals surface area contributed by atoms with Crippen LogP contribution in [0.2, 0.25) is 0 Å². The van der Waals surface area contributed by atoms with Crippen LogP contribution in [0.3, 0.4) is 0 Å². The van der Waals surface area contributed by atoms with E-state index in [1.807, 2.05) is 6.07 Å². The maximum absolute atomic E-state index is 12.5. The molecule has 2 bridgehead atoms. The molecule has 2 fully saturated rings. The SMILES string of the molecule is O=C(O)C12CNCC(C(=O)OCc3ccccn3)(CNC1)C2. The second-order valence-electron chi connectivity index (χ2n) is 6.15. The van der Waals surface area contributed by atoms with Gasteiger partial charge in [0.15, 0.2) is 0 Å². The zero-order valence-electron chi connectivity index (χ0n) is 12.2. The lowest BCUT2D eigenvalue weighted by Gasteiger charge is -2.48. The highest BCUT2D eigenvalue weighted by molar-refractivity contribution is 5.82. The number of fused-ring (bicyclic) bond motifs is 2. The van der Waals surface area contributed by atoms with Crippen LogP contribution in [0, 0.1) is 10.8 Å². The molecule has 0 radical (unpaired) electrons. The Hall–Kier alpha value is -1.99. The third-order valence-corrected chi connectivity index (χ3v) is 4.49. The molecule has 1 aromatic rings. The highest BCUT2D eigenvalue weighted by atomic mass is 16.5. The first-order valence-corrected chi connectivity index (χ1v) is 7.28. The third-order valence-electron chi connectivity index (χ3n) is 4.49.